The first-order valence-electron chi connectivity index (χ1n) is 5.62. The van der Waals surface area contributed by atoms with Gasteiger partial charge < -0.3 is 4.90 Å². The highest BCUT2D eigenvalue weighted by Gasteiger charge is 2.30. The Labute approximate surface area is 100 Å². The van der Waals surface area contributed by atoms with Crippen LogP contribution in [-0.2, 0) is 4.79 Å². The van der Waals surface area contributed by atoms with Crippen LogP contribution in [0.25, 0.3) is 11.1 Å². The fourth-order valence-electron chi connectivity index (χ4n) is 2.60. The van der Waals surface area contributed by atoms with E-state index in [4.69, 9.17) is 0 Å². The maximum atomic E-state index is 10.9. The lowest BCUT2D eigenvalue weighted by Crippen LogP contribution is -2.22. The van der Waals surface area contributed by atoms with E-state index in [-0.39, 0.29) is 6.04 Å². The molecule has 0 heterocycles. The van der Waals surface area contributed by atoms with E-state index in [1.165, 1.54) is 22.3 Å². The molecule has 0 aromatic heterocycles. The first-order chi connectivity index (χ1) is 8.33. The molecule has 1 radical (unpaired) electrons. The maximum Gasteiger partial charge on any atom is 0.312 e. The molecule has 1 aliphatic carbocycles. The van der Waals surface area contributed by atoms with Crippen LogP contribution in [0.5, 0.6) is 0 Å². The second-order valence-electron chi connectivity index (χ2n) is 4.28. The van der Waals surface area contributed by atoms with Crippen molar-refractivity contribution in [2.24, 2.45) is 0 Å². The van der Waals surface area contributed by atoms with Gasteiger partial charge in [0.1, 0.15) is 0 Å². The van der Waals surface area contributed by atoms with Crippen LogP contribution in [0, 0.1) is 0 Å². The quantitative estimate of drug-likeness (QED) is 0.715. The number of benzene rings is 2. The van der Waals surface area contributed by atoms with Crippen molar-refractivity contribution >= 4 is 6.41 Å². The molecule has 0 atom stereocenters. The number of amides is 1. The van der Waals surface area contributed by atoms with Crippen LogP contribution in [-0.4, -0.2) is 18.4 Å². The van der Waals surface area contributed by atoms with Crippen molar-refractivity contribution in [1.29, 1.82) is 0 Å². The standard InChI is InChI=1S/C15H12NO/c1-16(10-17)15-13-8-4-2-6-11(13)12-7-3-5-9-14(12)15/h2-9,15H,1H3. The van der Waals surface area contributed by atoms with Crippen LogP contribution in [0.1, 0.15) is 17.2 Å². The zero-order valence-corrected chi connectivity index (χ0v) is 9.55. The zero-order chi connectivity index (χ0) is 11.8. The topological polar surface area (TPSA) is 20.3 Å². The molecule has 0 saturated heterocycles. The summed E-state index contributed by atoms with van der Waals surface area (Å²) in [5, 5.41) is 0. The highest BCUT2D eigenvalue weighted by atomic mass is 16.1. The van der Waals surface area contributed by atoms with E-state index >= 15 is 0 Å². The van der Waals surface area contributed by atoms with Gasteiger partial charge in [0, 0.05) is 7.05 Å². The number of rotatable bonds is 2. The molecule has 0 N–H and O–H groups in total. The van der Waals surface area contributed by atoms with E-state index in [0.29, 0.717) is 0 Å². The van der Waals surface area contributed by atoms with Crippen LogP contribution in [0.2, 0.25) is 0 Å². The molecule has 83 valence electrons. The second-order valence-corrected chi connectivity index (χ2v) is 4.28. The summed E-state index contributed by atoms with van der Waals surface area (Å²) in [6.07, 6.45) is 1.97. The van der Waals surface area contributed by atoms with Crippen molar-refractivity contribution in [2.45, 2.75) is 6.04 Å². The molecule has 0 bridgehead atoms. The Balaban J connectivity index is 2.27. The minimum atomic E-state index is -0.0000926. The normalized spacial score (nSPS) is 13.0. The van der Waals surface area contributed by atoms with E-state index in [0.717, 1.165) is 0 Å². The molecule has 0 fully saturated rings. The molecule has 2 aromatic rings. The summed E-state index contributed by atoms with van der Waals surface area (Å²) in [6.45, 7) is 0. The first kappa shape index (κ1) is 10.1. The van der Waals surface area contributed by atoms with Crippen molar-refractivity contribution in [3.8, 4) is 11.1 Å². The van der Waals surface area contributed by atoms with Gasteiger partial charge in [-0.15, -0.1) is 0 Å². The first-order valence-corrected chi connectivity index (χ1v) is 5.62. The van der Waals surface area contributed by atoms with Crippen LogP contribution in [0.3, 0.4) is 0 Å². The van der Waals surface area contributed by atoms with E-state index in [9.17, 15) is 4.79 Å². The van der Waals surface area contributed by atoms with E-state index < -0.39 is 0 Å². The van der Waals surface area contributed by atoms with E-state index in [1.54, 1.807) is 11.9 Å². The lowest BCUT2D eigenvalue weighted by Gasteiger charge is -2.21. The van der Waals surface area contributed by atoms with E-state index in [1.807, 2.05) is 30.7 Å². The number of hydrogen-bond acceptors (Lipinski definition) is 1. The van der Waals surface area contributed by atoms with Crippen LogP contribution in [0.15, 0.2) is 48.5 Å². The Kier molecular flexibility index (Phi) is 2.22. The minimum Gasteiger partial charge on any atom is -0.326 e. The van der Waals surface area contributed by atoms with Crippen molar-refractivity contribution in [3.05, 3.63) is 59.7 Å². The van der Waals surface area contributed by atoms with Crippen molar-refractivity contribution in [1.82, 2.24) is 4.90 Å². The number of carbonyl (C=O) groups excluding carboxylic acids is 1. The lowest BCUT2D eigenvalue weighted by molar-refractivity contribution is 0.390. The van der Waals surface area contributed by atoms with Gasteiger partial charge in [-0.25, -0.2) is 0 Å². The minimum absolute atomic E-state index is 0.0000926. The fraction of sp³-hybridized carbons (Fsp3) is 0.133. The van der Waals surface area contributed by atoms with Crippen LogP contribution in [0.4, 0.5) is 0 Å². The third kappa shape index (κ3) is 1.37. The Bertz CT molecular complexity index is 531. The van der Waals surface area contributed by atoms with Gasteiger partial charge in [-0.1, -0.05) is 48.5 Å². The van der Waals surface area contributed by atoms with Gasteiger partial charge in [0.05, 0.1) is 6.04 Å². The predicted octanol–water partition coefficient (Wildman–Crippen LogP) is 2.76. The summed E-state index contributed by atoms with van der Waals surface area (Å²) in [7, 11) is 1.77. The SMILES string of the molecule is CN([C]=O)C1c2ccccc2-c2ccccc21. The van der Waals surface area contributed by atoms with E-state index in [2.05, 4.69) is 24.3 Å². The largest absolute Gasteiger partial charge is 0.326 e. The van der Waals surface area contributed by atoms with Crippen molar-refractivity contribution < 1.29 is 4.79 Å². The van der Waals surface area contributed by atoms with Crippen LogP contribution >= 0.6 is 0 Å². The van der Waals surface area contributed by atoms with Gasteiger partial charge in [-0.05, 0) is 22.3 Å². The Morgan fingerprint density at radius 1 is 0.941 bits per heavy atom. The molecule has 2 aromatic carbocycles. The smallest absolute Gasteiger partial charge is 0.312 e. The maximum absolute atomic E-state index is 10.9. The summed E-state index contributed by atoms with van der Waals surface area (Å²) >= 11 is 0. The second kappa shape index (κ2) is 3.74. The van der Waals surface area contributed by atoms with Gasteiger partial charge in [-0.2, -0.15) is 0 Å². The highest BCUT2D eigenvalue weighted by Crippen LogP contribution is 2.45. The number of nitrogens with zero attached hydrogens (tertiary/aromatic N) is 1. The van der Waals surface area contributed by atoms with Gasteiger partial charge >= 0.3 is 6.41 Å². The molecule has 2 nitrogen and oxygen atoms in total. The molecule has 3 rings (SSSR count). The van der Waals surface area contributed by atoms with Gasteiger partial charge in [0.15, 0.2) is 0 Å². The Morgan fingerprint density at radius 3 is 1.88 bits per heavy atom. The molecule has 0 saturated carbocycles. The van der Waals surface area contributed by atoms with Gasteiger partial charge in [-0.3, -0.25) is 4.79 Å². The van der Waals surface area contributed by atoms with Crippen molar-refractivity contribution in [3.63, 3.8) is 0 Å². The average Bonchev–Trinajstić information content (AvgIpc) is 2.72. The van der Waals surface area contributed by atoms with Crippen LogP contribution < -0.4 is 0 Å². The summed E-state index contributed by atoms with van der Waals surface area (Å²) in [6, 6.07) is 16.4. The summed E-state index contributed by atoms with van der Waals surface area (Å²) in [4.78, 5) is 12.5. The van der Waals surface area contributed by atoms with Gasteiger partial charge in [0.25, 0.3) is 0 Å². The molecule has 1 aliphatic rings. The predicted molar refractivity (Wildman–Crippen MR) is 67.2 cm³/mol. The molecule has 2 heteroatoms. The summed E-state index contributed by atoms with van der Waals surface area (Å²) in [5.74, 6) is 0. The number of hydrogen-bond donors (Lipinski definition) is 0. The number of fused-ring (bicyclic) bond motifs is 3. The highest BCUT2D eigenvalue weighted by molar-refractivity contribution is 5.79. The molecule has 0 unspecified atom stereocenters. The lowest BCUT2D eigenvalue weighted by atomic mass is 10.0. The monoisotopic (exact) mass is 222 g/mol. The molecule has 17 heavy (non-hydrogen) atoms. The molecule has 1 amide bonds. The molecule has 0 aliphatic heterocycles. The average molecular weight is 222 g/mol. The third-order valence-corrected chi connectivity index (χ3v) is 3.33. The summed E-state index contributed by atoms with van der Waals surface area (Å²) in [5.41, 5.74) is 4.80. The molecular formula is C15H12NO. The molecular weight excluding hydrogens is 210 g/mol. The van der Waals surface area contributed by atoms with Crippen molar-refractivity contribution in [2.75, 3.05) is 7.05 Å². The third-order valence-electron chi connectivity index (χ3n) is 3.33. The molecule has 0 spiro atoms. The summed E-state index contributed by atoms with van der Waals surface area (Å²) < 4.78 is 0. The van der Waals surface area contributed by atoms with Gasteiger partial charge in [0.2, 0.25) is 0 Å². The zero-order valence-electron chi connectivity index (χ0n) is 9.55. The Morgan fingerprint density at radius 2 is 1.41 bits per heavy atom. The Hall–Kier alpha value is -2.09. The fourth-order valence-corrected chi connectivity index (χ4v) is 2.60.